The number of aromatic nitrogens is 3. The molecule has 0 amide bonds. The van der Waals surface area contributed by atoms with E-state index in [2.05, 4.69) is 15.3 Å². The predicted octanol–water partition coefficient (Wildman–Crippen LogP) is 3.56. The van der Waals surface area contributed by atoms with Gasteiger partial charge in [0.15, 0.2) is 5.09 Å². The van der Waals surface area contributed by atoms with Gasteiger partial charge in [-0.05, 0) is 36.4 Å². The van der Waals surface area contributed by atoms with Gasteiger partial charge >= 0.3 is 0 Å². The fourth-order valence-corrected chi connectivity index (χ4v) is 2.36. The molecule has 100 valence electrons. The fourth-order valence-electron chi connectivity index (χ4n) is 1.46. The van der Waals surface area contributed by atoms with Gasteiger partial charge < -0.3 is 4.42 Å². The Morgan fingerprint density at radius 2 is 1.85 bits per heavy atom. The quantitative estimate of drug-likeness (QED) is 0.692. The summed E-state index contributed by atoms with van der Waals surface area (Å²) in [6.07, 6.45) is 4.61. The summed E-state index contributed by atoms with van der Waals surface area (Å²) in [4.78, 5) is 1.06. The van der Waals surface area contributed by atoms with E-state index in [-0.39, 0.29) is 0 Å². The smallest absolute Gasteiger partial charge is 0.165 e. The SMILES string of the molecule is Clc1ccc(Sc2ccc(/C=N/n3cnnc3)o2)cc1. The molecule has 0 fully saturated rings. The lowest BCUT2D eigenvalue weighted by Gasteiger charge is -1.97. The Labute approximate surface area is 124 Å². The second-order valence-corrected chi connectivity index (χ2v) is 5.31. The highest BCUT2D eigenvalue weighted by atomic mass is 35.5. The number of nitrogens with zero attached hydrogens (tertiary/aromatic N) is 4. The van der Waals surface area contributed by atoms with E-state index in [1.165, 1.54) is 29.1 Å². The predicted molar refractivity (Wildman–Crippen MR) is 77.3 cm³/mol. The molecule has 0 unspecified atom stereocenters. The molecule has 7 heteroatoms. The van der Waals surface area contributed by atoms with Gasteiger partial charge in [0.05, 0.1) is 6.21 Å². The van der Waals surface area contributed by atoms with Crippen molar-refractivity contribution in [2.45, 2.75) is 9.99 Å². The van der Waals surface area contributed by atoms with Crippen LogP contribution in [-0.2, 0) is 0 Å². The van der Waals surface area contributed by atoms with Gasteiger partial charge in [0.2, 0.25) is 0 Å². The van der Waals surface area contributed by atoms with E-state index in [1.807, 2.05) is 36.4 Å². The lowest BCUT2D eigenvalue weighted by atomic mass is 10.4. The van der Waals surface area contributed by atoms with Crippen LogP contribution in [-0.4, -0.2) is 21.1 Å². The van der Waals surface area contributed by atoms with Crippen molar-refractivity contribution in [2.24, 2.45) is 5.10 Å². The first-order valence-electron chi connectivity index (χ1n) is 5.72. The van der Waals surface area contributed by atoms with Crippen molar-refractivity contribution < 1.29 is 4.42 Å². The maximum Gasteiger partial charge on any atom is 0.165 e. The Kier molecular flexibility index (Phi) is 3.85. The van der Waals surface area contributed by atoms with Crippen molar-refractivity contribution in [1.29, 1.82) is 0 Å². The lowest BCUT2D eigenvalue weighted by molar-refractivity contribution is 0.468. The highest BCUT2D eigenvalue weighted by Gasteiger charge is 2.03. The summed E-state index contributed by atoms with van der Waals surface area (Å²) in [7, 11) is 0. The van der Waals surface area contributed by atoms with Crippen LogP contribution in [0.2, 0.25) is 5.02 Å². The van der Waals surface area contributed by atoms with E-state index < -0.39 is 0 Å². The molecule has 20 heavy (non-hydrogen) atoms. The minimum Gasteiger partial charge on any atom is -0.448 e. The Morgan fingerprint density at radius 3 is 2.60 bits per heavy atom. The van der Waals surface area contributed by atoms with Crippen LogP contribution in [0.5, 0.6) is 0 Å². The van der Waals surface area contributed by atoms with Gasteiger partial charge in [-0.15, -0.1) is 10.2 Å². The van der Waals surface area contributed by atoms with Gasteiger partial charge in [0, 0.05) is 9.92 Å². The molecule has 0 aliphatic carbocycles. The van der Waals surface area contributed by atoms with Gasteiger partial charge in [-0.2, -0.15) is 5.10 Å². The minimum atomic E-state index is 0.662. The molecular formula is C13H9ClN4OS. The summed E-state index contributed by atoms with van der Waals surface area (Å²) in [5, 5.41) is 12.9. The van der Waals surface area contributed by atoms with Crippen LogP contribution in [0.15, 0.2) is 68.6 Å². The molecule has 0 bridgehead atoms. The topological polar surface area (TPSA) is 56.2 Å². The van der Waals surface area contributed by atoms with Crippen molar-refractivity contribution in [3.05, 3.63) is 59.8 Å². The van der Waals surface area contributed by atoms with Crippen molar-refractivity contribution in [2.75, 3.05) is 0 Å². The van der Waals surface area contributed by atoms with Gasteiger partial charge in [-0.3, -0.25) is 0 Å². The number of halogens is 1. The Bertz CT molecular complexity index is 706. The van der Waals surface area contributed by atoms with Crippen LogP contribution >= 0.6 is 23.4 Å². The molecule has 3 aromatic rings. The molecule has 0 aliphatic heterocycles. The van der Waals surface area contributed by atoms with Gasteiger partial charge in [0.1, 0.15) is 18.4 Å². The first kappa shape index (κ1) is 13.0. The number of hydrogen-bond acceptors (Lipinski definition) is 5. The molecule has 0 saturated heterocycles. The van der Waals surface area contributed by atoms with Gasteiger partial charge in [-0.25, -0.2) is 4.68 Å². The summed E-state index contributed by atoms with van der Waals surface area (Å²) in [6, 6.07) is 11.3. The molecule has 0 aliphatic rings. The van der Waals surface area contributed by atoms with Crippen LogP contribution in [0.25, 0.3) is 0 Å². The summed E-state index contributed by atoms with van der Waals surface area (Å²) < 4.78 is 7.14. The summed E-state index contributed by atoms with van der Waals surface area (Å²) >= 11 is 7.37. The summed E-state index contributed by atoms with van der Waals surface area (Å²) in [6.45, 7) is 0. The van der Waals surface area contributed by atoms with Gasteiger partial charge in [0.25, 0.3) is 0 Å². The Hall–Kier alpha value is -2.05. The van der Waals surface area contributed by atoms with Crippen molar-refractivity contribution >= 4 is 29.6 Å². The average molecular weight is 305 g/mol. The van der Waals surface area contributed by atoms with E-state index in [0.717, 1.165) is 15.0 Å². The minimum absolute atomic E-state index is 0.662. The Balaban J connectivity index is 1.69. The van der Waals surface area contributed by atoms with E-state index in [4.69, 9.17) is 16.0 Å². The van der Waals surface area contributed by atoms with Gasteiger partial charge in [-0.1, -0.05) is 23.4 Å². The summed E-state index contributed by atoms with van der Waals surface area (Å²) in [5.41, 5.74) is 0. The van der Waals surface area contributed by atoms with Crippen LogP contribution < -0.4 is 0 Å². The lowest BCUT2D eigenvalue weighted by Crippen LogP contribution is -1.84. The molecule has 2 aromatic heterocycles. The van der Waals surface area contributed by atoms with E-state index in [1.54, 1.807) is 6.21 Å². The van der Waals surface area contributed by atoms with Crippen LogP contribution in [0.1, 0.15) is 5.76 Å². The molecule has 0 radical (unpaired) electrons. The monoisotopic (exact) mass is 304 g/mol. The third kappa shape index (κ3) is 3.28. The van der Waals surface area contributed by atoms with Crippen LogP contribution in [0.4, 0.5) is 0 Å². The van der Waals surface area contributed by atoms with Crippen molar-refractivity contribution in [1.82, 2.24) is 14.9 Å². The van der Waals surface area contributed by atoms with Crippen molar-refractivity contribution in [3.63, 3.8) is 0 Å². The largest absolute Gasteiger partial charge is 0.448 e. The number of furan rings is 1. The third-order valence-electron chi connectivity index (χ3n) is 2.36. The molecule has 1 aromatic carbocycles. The summed E-state index contributed by atoms with van der Waals surface area (Å²) in [5.74, 6) is 0.662. The third-order valence-corrected chi connectivity index (χ3v) is 3.54. The highest BCUT2D eigenvalue weighted by molar-refractivity contribution is 7.99. The van der Waals surface area contributed by atoms with Crippen molar-refractivity contribution in [3.8, 4) is 0 Å². The molecule has 0 atom stereocenters. The molecule has 3 rings (SSSR count). The molecule has 0 saturated carbocycles. The second kappa shape index (κ2) is 5.94. The molecular weight excluding hydrogens is 296 g/mol. The highest BCUT2D eigenvalue weighted by Crippen LogP contribution is 2.29. The molecule has 0 spiro atoms. The second-order valence-electron chi connectivity index (χ2n) is 3.80. The normalized spacial score (nSPS) is 11.2. The van der Waals surface area contributed by atoms with Crippen LogP contribution in [0, 0.1) is 0 Å². The average Bonchev–Trinajstić information content (AvgIpc) is 3.10. The first-order valence-corrected chi connectivity index (χ1v) is 6.91. The number of hydrogen-bond donors (Lipinski definition) is 0. The standard InChI is InChI=1S/C13H9ClN4OS/c14-10-1-4-12(5-2-10)20-13-6-3-11(19-13)7-17-18-8-15-16-9-18/h1-9H/b17-7+. The van der Waals surface area contributed by atoms with E-state index >= 15 is 0 Å². The molecule has 0 N–H and O–H groups in total. The first-order chi connectivity index (χ1) is 9.79. The van der Waals surface area contributed by atoms with E-state index in [0.29, 0.717) is 5.76 Å². The van der Waals surface area contributed by atoms with Crippen LogP contribution in [0.3, 0.4) is 0 Å². The molecule has 5 nitrogen and oxygen atoms in total. The van der Waals surface area contributed by atoms with E-state index in [9.17, 15) is 0 Å². The molecule has 2 heterocycles. The maximum atomic E-state index is 5.85. The maximum absolute atomic E-state index is 5.85. The zero-order valence-electron chi connectivity index (χ0n) is 10.2. The zero-order chi connectivity index (χ0) is 13.8. The zero-order valence-corrected chi connectivity index (χ0v) is 11.8. The fraction of sp³-hybridized carbons (Fsp3) is 0. The number of benzene rings is 1. The number of rotatable bonds is 4. The Morgan fingerprint density at radius 1 is 1.10 bits per heavy atom.